The lowest BCUT2D eigenvalue weighted by Crippen LogP contribution is -1.84. The molecule has 0 radical (unpaired) electrons. The van der Waals surface area contributed by atoms with Crippen LogP contribution >= 0.6 is 11.3 Å². The number of thiazole rings is 1. The van der Waals surface area contributed by atoms with Crippen molar-refractivity contribution in [2.75, 3.05) is 12.4 Å². The van der Waals surface area contributed by atoms with E-state index in [1.165, 1.54) is 15.8 Å². The Morgan fingerprint density at radius 3 is 2.58 bits per heavy atom. The summed E-state index contributed by atoms with van der Waals surface area (Å²) in [5.41, 5.74) is 6.50. The first-order chi connectivity index (χ1) is 11.7. The molecule has 2 aromatic carbocycles. The SMILES string of the molecule is CNc1nc2cccc(-c3cccc(-c4c(C)noc4C)c3)c2s1. The van der Waals surface area contributed by atoms with E-state index in [9.17, 15) is 0 Å². The number of benzene rings is 2. The maximum atomic E-state index is 5.32. The maximum absolute atomic E-state index is 5.32. The number of anilines is 1. The number of nitrogens with zero attached hydrogens (tertiary/aromatic N) is 2. The smallest absolute Gasteiger partial charge is 0.183 e. The van der Waals surface area contributed by atoms with Crippen LogP contribution in [-0.4, -0.2) is 17.2 Å². The highest BCUT2D eigenvalue weighted by molar-refractivity contribution is 7.22. The quantitative estimate of drug-likeness (QED) is 0.553. The summed E-state index contributed by atoms with van der Waals surface area (Å²) in [5, 5.41) is 8.13. The summed E-state index contributed by atoms with van der Waals surface area (Å²) < 4.78 is 6.51. The summed E-state index contributed by atoms with van der Waals surface area (Å²) in [4.78, 5) is 4.60. The number of nitrogens with one attached hydrogen (secondary N) is 1. The fourth-order valence-electron chi connectivity index (χ4n) is 3.02. The van der Waals surface area contributed by atoms with Gasteiger partial charge < -0.3 is 9.84 Å². The molecule has 0 aliphatic carbocycles. The van der Waals surface area contributed by atoms with Gasteiger partial charge in [0, 0.05) is 18.2 Å². The molecule has 24 heavy (non-hydrogen) atoms. The Hall–Kier alpha value is -2.66. The Bertz CT molecular complexity index is 1010. The highest BCUT2D eigenvalue weighted by atomic mass is 32.1. The Kier molecular flexibility index (Phi) is 3.58. The average Bonchev–Trinajstić information content (AvgIpc) is 3.17. The fraction of sp³-hybridized carbons (Fsp3) is 0.158. The molecule has 120 valence electrons. The largest absolute Gasteiger partial charge is 0.365 e. The third-order valence-corrected chi connectivity index (χ3v) is 5.25. The van der Waals surface area contributed by atoms with E-state index in [-0.39, 0.29) is 0 Å². The minimum Gasteiger partial charge on any atom is -0.365 e. The highest BCUT2D eigenvalue weighted by Crippen LogP contribution is 2.37. The zero-order valence-corrected chi connectivity index (χ0v) is 14.6. The van der Waals surface area contributed by atoms with Crippen molar-refractivity contribution >= 4 is 26.7 Å². The van der Waals surface area contributed by atoms with Crippen LogP contribution in [0.3, 0.4) is 0 Å². The molecule has 0 bridgehead atoms. The lowest BCUT2D eigenvalue weighted by atomic mass is 9.98. The van der Waals surface area contributed by atoms with Crippen molar-refractivity contribution in [1.82, 2.24) is 10.1 Å². The van der Waals surface area contributed by atoms with Crippen molar-refractivity contribution in [3.05, 3.63) is 53.9 Å². The number of aromatic nitrogens is 2. The van der Waals surface area contributed by atoms with E-state index >= 15 is 0 Å². The molecular formula is C19H17N3OS. The van der Waals surface area contributed by atoms with Gasteiger partial charge in [0.1, 0.15) is 5.76 Å². The molecule has 0 saturated carbocycles. The van der Waals surface area contributed by atoms with Gasteiger partial charge in [0.2, 0.25) is 0 Å². The molecule has 0 spiro atoms. The summed E-state index contributed by atoms with van der Waals surface area (Å²) in [6, 6.07) is 14.8. The number of aryl methyl sites for hydroxylation is 2. The molecule has 0 aliphatic rings. The van der Waals surface area contributed by atoms with Crippen LogP contribution in [-0.2, 0) is 0 Å². The van der Waals surface area contributed by atoms with Crippen LogP contribution in [0.25, 0.3) is 32.5 Å². The number of fused-ring (bicyclic) bond motifs is 1. The monoisotopic (exact) mass is 335 g/mol. The van der Waals surface area contributed by atoms with E-state index in [1.807, 2.05) is 27.0 Å². The third kappa shape index (κ3) is 2.37. The summed E-state index contributed by atoms with van der Waals surface area (Å²) >= 11 is 1.68. The van der Waals surface area contributed by atoms with Crippen molar-refractivity contribution in [3.8, 4) is 22.3 Å². The molecule has 1 N–H and O–H groups in total. The van der Waals surface area contributed by atoms with Crippen LogP contribution in [0.1, 0.15) is 11.5 Å². The lowest BCUT2D eigenvalue weighted by molar-refractivity contribution is 0.393. The van der Waals surface area contributed by atoms with Crippen LogP contribution in [0.2, 0.25) is 0 Å². The third-order valence-electron chi connectivity index (χ3n) is 4.12. The van der Waals surface area contributed by atoms with E-state index in [0.29, 0.717) is 0 Å². The summed E-state index contributed by atoms with van der Waals surface area (Å²) in [5.74, 6) is 0.845. The van der Waals surface area contributed by atoms with Gasteiger partial charge in [-0.3, -0.25) is 0 Å². The van der Waals surface area contributed by atoms with Crippen molar-refractivity contribution in [2.24, 2.45) is 0 Å². The second-order valence-corrected chi connectivity index (χ2v) is 6.70. The molecule has 5 heteroatoms. The molecule has 0 amide bonds. The van der Waals surface area contributed by atoms with Crippen LogP contribution in [0, 0.1) is 13.8 Å². The minimum absolute atomic E-state index is 0.845. The molecule has 2 aromatic heterocycles. The first-order valence-corrected chi connectivity index (χ1v) is 8.60. The van der Waals surface area contributed by atoms with E-state index in [4.69, 9.17) is 4.52 Å². The van der Waals surface area contributed by atoms with Gasteiger partial charge in [0.15, 0.2) is 5.13 Å². The predicted octanol–water partition coefficient (Wildman–Crippen LogP) is 5.28. The molecule has 0 fully saturated rings. The minimum atomic E-state index is 0.845. The molecular weight excluding hydrogens is 318 g/mol. The number of hydrogen-bond donors (Lipinski definition) is 1. The van der Waals surface area contributed by atoms with Gasteiger partial charge in [0.25, 0.3) is 0 Å². The van der Waals surface area contributed by atoms with Crippen molar-refractivity contribution in [1.29, 1.82) is 0 Å². The van der Waals surface area contributed by atoms with Crippen molar-refractivity contribution < 1.29 is 4.52 Å². The van der Waals surface area contributed by atoms with Gasteiger partial charge in [-0.1, -0.05) is 46.8 Å². The number of hydrogen-bond acceptors (Lipinski definition) is 5. The highest BCUT2D eigenvalue weighted by Gasteiger charge is 2.14. The molecule has 4 rings (SSSR count). The second kappa shape index (κ2) is 5.76. The molecule has 4 nitrogen and oxygen atoms in total. The first-order valence-electron chi connectivity index (χ1n) is 7.78. The molecule has 4 aromatic rings. The average molecular weight is 335 g/mol. The molecule has 0 unspecified atom stereocenters. The standard InChI is InChI=1S/C19H17N3OS/c1-11-17(12(2)23-22-11)14-7-4-6-13(10-14)15-8-5-9-16-18(15)24-19(20-3)21-16/h4-10H,1-3H3,(H,20,21). The van der Waals surface area contributed by atoms with Gasteiger partial charge in [-0.2, -0.15) is 0 Å². The fourth-order valence-corrected chi connectivity index (χ4v) is 3.97. The Balaban J connectivity index is 1.89. The van der Waals surface area contributed by atoms with Crippen LogP contribution in [0.5, 0.6) is 0 Å². The topological polar surface area (TPSA) is 51.0 Å². The molecule has 0 saturated heterocycles. The van der Waals surface area contributed by atoms with Gasteiger partial charge in [-0.15, -0.1) is 0 Å². The van der Waals surface area contributed by atoms with Gasteiger partial charge in [0.05, 0.1) is 15.9 Å². The van der Waals surface area contributed by atoms with E-state index in [0.717, 1.165) is 33.2 Å². The van der Waals surface area contributed by atoms with Gasteiger partial charge in [-0.25, -0.2) is 4.98 Å². The number of rotatable bonds is 3. The normalized spacial score (nSPS) is 11.1. The summed E-state index contributed by atoms with van der Waals surface area (Å²) in [7, 11) is 1.90. The van der Waals surface area contributed by atoms with Crippen LogP contribution in [0.4, 0.5) is 5.13 Å². The zero-order valence-electron chi connectivity index (χ0n) is 13.8. The van der Waals surface area contributed by atoms with Gasteiger partial charge >= 0.3 is 0 Å². The molecule has 2 heterocycles. The predicted molar refractivity (Wildman–Crippen MR) is 99.6 cm³/mol. The lowest BCUT2D eigenvalue weighted by Gasteiger charge is -2.06. The van der Waals surface area contributed by atoms with Crippen LogP contribution < -0.4 is 5.32 Å². The molecule has 0 atom stereocenters. The molecule has 0 aliphatic heterocycles. The van der Waals surface area contributed by atoms with Gasteiger partial charge in [-0.05, 0) is 37.1 Å². The van der Waals surface area contributed by atoms with Crippen molar-refractivity contribution in [3.63, 3.8) is 0 Å². The Morgan fingerprint density at radius 1 is 1.04 bits per heavy atom. The summed E-state index contributed by atoms with van der Waals surface area (Å²) in [6.45, 7) is 3.92. The van der Waals surface area contributed by atoms with E-state index < -0.39 is 0 Å². The second-order valence-electron chi connectivity index (χ2n) is 5.70. The maximum Gasteiger partial charge on any atom is 0.183 e. The van der Waals surface area contributed by atoms with Crippen molar-refractivity contribution in [2.45, 2.75) is 13.8 Å². The summed E-state index contributed by atoms with van der Waals surface area (Å²) in [6.07, 6.45) is 0. The van der Waals surface area contributed by atoms with Crippen LogP contribution in [0.15, 0.2) is 47.0 Å². The Morgan fingerprint density at radius 2 is 1.83 bits per heavy atom. The van der Waals surface area contributed by atoms with E-state index in [1.54, 1.807) is 11.3 Å². The first kappa shape index (κ1) is 14.9. The Labute approximate surface area is 144 Å². The zero-order chi connectivity index (χ0) is 16.7. The van der Waals surface area contributed by atoms with E-state index in [2.05, 4.69) is 51.9 Å².